The molecular formula is C15H11NO3. The number of pyridine rings is 1. The van der Waals surface area contributed by atoms with Crippen molar-refractivity contribution < 1.29 is 10.2 Å². The van der Waals surface area contributed by atoms with Gasteiger partial charge in [0.2, 0.25) is 0 Å². The van der Waals surface area contributed by atoms with Crippen molar-refractivity contribution in [1.29, 1.82) is 0 Å². The Morgan fingerprint density at radius 2 is 1.63 bits per heavy atom. The predicted octanol–water partition coefficient (Wildman–Crippen LogP) is 2.61. The van der Waals surface area contributed by atoms with E-state index in [0.717, 1.165) is 0 Å². The molecule has 94 valence electrons. The van der Waals surface area contributed by atoms with Crippen LogP contribution in [0.15, 0.2) is 53.3 Å². The van der Waals surface area contributed by atoms with E-state index in [2.05, 4.69) is 4.98 Å². The van der Waals surface area contributed by atoms with Crippen molar-refractivity contribution in [2.45, 2.75) is 0 Å². The average molecular weight is 253 g/mol. The fourth-order valence-electron chi connectivity index (χ4n) is 2.16. The molecule has 0 amide bonds. The van der Waals surface area contributed by atoms with Crippen LogP contribution in [0.1, 0.15) is 0 Å². The molecule has 2 aromatic carbocycles. The number of phenols is 1. The molecule has 0 aliphatic carbocycles. The largest absolute Gasteiger partial charge is 0.506 e. The first kappa shape index (κ1) is 11.3. The van der Waals surface area contributed by atoms with Crippen molar-refractivity contribution in [3.8, 4) is 22.6 Å². The predicted molar refractivity (Wildman–Crippen MR) is 73.3 cm³/mol. The van der Waals surface area contributed by atoms with Crippen LogP contribution in [-0.4, -0.2) is 15.2 Å². The third-order valence-electron chi connectivity index (χ3n) is 3.06. The van der Waals surface area contributed by atoms with Crippen LogP contribution in [0.25, 0.3) is 22.0 Å². The molecule has 0 aliphatic rings. The van der Waals surface area contributed by atoms with Crippen LogP contribution in [0.3, 0.4) is 0 Å². The summed E-state index contributed by atoms with van der Waals surface area (Å²) >= 11 is 0. The third kappa shape index (κ3) is 1.74. The van der Waals surface area contributed by atoms with E-state index in [4.69, 9.17) is 0 Å². The summed E-state index contributed by atoms with van der Waals surface area (Å²) in [6.45, 7) is 0. The highest BCUT2D eigenvalue weighted by Crippen LogP contribution is 2.34. The van der Waals surface area contributed by atoms with Gasteiger partial charge in [0, 0.05) is 5.39 Å². The van der Waals surface area contributed by atoms with Crippen molar-refractivity contribution in [1.82, 2.24) is 4.98 Å². The number of aromatic hydroxyl groups is 2. The molecule has 4 heteroatoms. The van der Waals surface area contributed by atoms with Gasteiger partial charge in [0.25, 0.3) is 5.56 Å². The Morgan fingerprint density at radius 1 is 0.895 bits per heavy atom. The fraction of sp³-hybridized carbons (Fsp3) is 0. The van der Waals surface area contributed by atoms with Crippen molar-refractivity contribution in [3.63, 3.8) is 0 Å². The zero-order valence-corrected chi connectivity index (χ0v) is 9.92. The fourth-order valence-corrected chi connectivity index (χ4v) is 2.16. The number of aromatic nitrogens is 1. The minimum Gasteiger partial charge on any atom is -0.506 e. The molecule has 0 saturated carbocycles. The summed E-state index contributed by atoms with van der Waals surface area (Å²) < 4.78 is 0. The van der Waals surface area contributed by atoms with Gasteiger partial charge in [-0.3, -0.25) is 4.79 Å². The number of rotatable bonds is 1. The third-order valence-corrected chi connectivity index (χ3v) is 3.06. The van der Waals surface area contributed by atoms with E-state index in [-0.39, 0.29) is 22.6 Å². The molecule has 3 aromatic rings. The van der Waals surface area contributed by atoms with Gasteiger partial charge < -0.3 is 15.2 Å². The van der Waals surface area contributed by atoms with Crippen molar-refractivity contribution >= 4 is 10.9 Å². The number of H-pyrrole nitrogens is 1. The zero-order valence-electron chi connectivity index (χ0n) is 9.92. The summed E-state index contributed by atoms with van der Waals surface area (Å²) in [6.07, 6.45) is 0. The molecule has 0 bridgehead atoms. The summed E-state index contributed by atoms with van der Waals surface area (Å²) in [4.78, 5) is 14.7. The Balaban J connectivity index is 2.43. The maximum atomic E-state index is 12.1. The number of fused-ring (bicyclic) bond motifs is 1. The van der Waals surface area contributed by atoms with Gasteiger partial charge in [0.05, 0.1) is 11.1 Å². The van der Waals surface area contributed by atoms with E-state index in [1.165, 1.54) is 6.07 Å². The molecule has 0 radical (unpaired) electrons. The minimum atomic E-state index is -0.433. The summed E-state index contributed by atoms with van der Waals surface area (Å²) in [6, 6.07) is 13.6. The van der Waals surface area contributed by atoms with Gasteiger partial charge >= 0.3 is 0 Å². The number of hydrogen-bond donors (Lipinski definition) is 3. The lowest BCUT2D eigenvalue weighted by molar-refractivity contribution is 0.474. The van der Waals surface area contributed by atoms with E-state index in [1.54, 1.807) is 36.4 Å². The van der Waals surface area contributed by atoms with Gasteiger partial charge in [0.15, 0.2) is 0 Å². The second kappa shape index (κ2) is 4.17. The lowest BCUT2D eigenvalue weighted by atomic mass is 10.0. The minimum absolute atomic E-state index is 0.0653. The molecule has 1 aromatic heterocycles. The van der Waals surface area contributed by atoms with Gasteiger partial charge in [-0.2, -0.15) is 0 Å². The highest BCUT2D eigenvalue weighted by Gasteiger charge is 2.14. The van der Waals surface area contributed by atoms with Crippen LogP contribution in [-0.2, 0) is 0 Å². The maximum Gasteiger partial charge on any atom is 0.260 e. The molecule has 0 fully saturated rings. The van der Waals surface area contributed by atoms with E-state index in [1.807, 2.05) is 6.07 Å². The smallest absolute Gasteiger partial charge is 0.260 e. The standard InChI is InChI=1S/C15H11NO3/c17-11-8-4-7-10-13(11)16-15(19)12(14(10)18)9-5-2-1-3-6-9/h1-8,17H,(H2,16,18,19). The molecule has 0 aliphatic heterocycles. The zero-order chi connectivity index (χ0) is 13.4. The van der Waals surface area contributed by atoms with Gasteiger partial charge in [-0.1, -0.05) is 36.4 Å². The van der Waals surface area contributed by atoms with Crippen molar-refractivity contribution in [2.75, 3.05) is 0 Å². The molecule has 1 heterocycles. The Labute approximate surface area is 108 Å². The summed E-state index contributed by atoms with van der Waals surface area (Å²) in [5.74, 6) is -0.189. The molecule has 0 spiro atoms. The maximum absolute atomic E-state index is 12.1. The lowest BCUT2D eigenvalue weighted by Crippen LogP contribution is -2.09. The van der Waals surface area contributed by atoms with Crippen molar-refractivity contribution in [3.05, 3.63) is 58.9 Å². The summed E-state index contributed by atoms with van der Waals surface area (Å²) in [5, 5.41) is 20.4. The van der Waals surface area contributed by atoms with Gasteiger partial charge in [0.1, 0.15) is 11.5 Å². The highest BCUT2D eigenvalue weighted by atomic mass is 16.3. The molecule has 0 atom stereocenters. The Bertz CT molecular complexity index is 807. The van der Waals surface area contributed by atoms with Crippen molar-refractivity contribution in [2.24, 2.45) is 0 Å². The lowest BCUT2D eigenvalue weighted by Gasteiger charge is -2.08. The van der Waals surface area contributed by atoms with Crippen LogP contribution in [0, 0.1) is 0 Å². The van der Waals surface area contributed by atoms with E-state index >= 15 is 0 Å². The number of para-hydroxylation sites is 1. The Hall–Kier alpha value is -2.75. The Kier molecular flexibility index (Phi) is 2.49. The first-order valence-electron chi connectivity index (χ1n) is 5.81. The van der Waals surface area contributed by atoms with Crippen LogP contribution >= 0.6 is 0 Å². The molecule has 4 nitrogen and oxygen atoms in total. The van der Waals surface area contributed by atoms with E-state index in [9.17, 15) is 15.0 Å². The van der Waals surface area contributed by atoms with Crippen LogP contribution in [0.2, 0.25) is 0 Å². The number of hydrogen-bond acceptors (Lipinski definition) is 3. The van der Waals surface area contributed by atoms with Crippen LogP contribution in [0.4, 0.5) is 0 Å². The summed E-state index contributed by atoms with van der Waals surface area (Å²) in [7, 11) is 0. The highest BCUT2D eigenvalue weighted by molar-refractivity contribution is 5.94. The van der Waals surface area contributed by atoms with Crippen LogP contribution < -0.4 is 5.56 Å². The van der Waals surface area contributed by atoms with E-state index in [0.29, 0.717) is 10.9 Å². The second-order valence-corrected chi connectivity index (χ2v) is 4.24. The van der Waals surface area contributed by atoms with Gasteiger partial charge in [-0.25, -0.2) is 0 Å². The molecule has 3 N–H and O–H groups in total. The number of nitrogens with one attached hydrogen (secondary N) is 1. The molecule has 0 saturated heterocycles. The van der Waals surface area contributed by atoms with Crippen LogP contribution in [0.5, 0.6) is 11.5 Å². The second-order valence-electron chi connectivity index (χ2n) is 4.24. The SMILES string of the molecule is O=c1[nH]c2c(O)cccc2c(O)c1-c1ccccc1. The first-order valence-corrected chi connectivity index (χ1v) is 5.81. The molecule has 0 unspecified atom stereocenters. The topological polar surface area (TPSA) is 73.3 Å². The quantitative estimate of drug-likeness (QED) is 0.624. The number of phenolic OH excluding ortho intramolecular Hbond substituents is 1. The Morgan fingerprint density at radius 3 is 2.37 bits per heavy atom. The number of benzene rings is 2. The monoisotopic (exact) mass is 253 g/mol. The van der Waals surface area contributed by atoms with E-state index < -0.39 is 5.56 Å². The molecule has 3 rings (SSSR count). The number of aromatic amines is 1. The van der Waals surface area contributed by atoms with Gasteiger partial charge in [-0.05, 0) is 17.7 Å². The average Bonchev–Trinajstić information content (AvgIpc) is 2.41. The van der Waals surface area contributed by atoms with Gasteiger partial charge in [-0.15, -0.1) is 0 Å². The summed E-state index contributed by atoms with van der Waals surface area (Å²) in [5.41, 5.74) is 0.646. The first-order chi connectivity index (χ1) is 9.18. The molecule has 19 heavy (non-hydrogen) atoms. The normalized spacial score (nSPS) is 10.7. The molecular weight excluding hydrogens is 242 g/mol.